The average Bonchev–Trinajstić information content (AvgIpc) is 2.93. The number of halogens is 1. The van der Waals surface area contributed by atoms with Gasteiger partial charge in [-0.15, -0.1) is 0 Å². The van der Waals surface area contributed by atoms with E-state index in [1.165, 1.54) is 56.0 Å². The van der Waals surface area contributed by atoms with E-state index in [-0.39, 0.29) is 0 Å². The van der Waals surface area contributed by atoms with Crippen LogP contribution in [0.2, 0.25) is 0 Å². The Labute approximate surface area is 118 Å². The lowest BCUT2D eigenvalue weighted by molar-refractivity contribution is 0.438. The molecule has 1 saturated carbocycles. The Balaban J connectivity index is 1.91. The van der Waals surface area contributed by atoms with Crippen LogP contribution in [0.1, 0.15) is 68.0 Å². The minimum atomic E-state index is 0.597. The maximum Gasteiger partial charge on any atom is 0.0323 e. The van der Waals surface area contributed by atoms with Crippen LogP contribution >= 0.6 is 15.9 Å². The third-order valence-electron chi connectivity index (χ3n) is 4.53. The van der Waals surface area contributed by atoms with Crippen molar-refractivity contribution >= 4 is 15.9 Å². The minimum Gasteiger partial charge on any atom is -0.310 e. The summed E-state index contributed by atoms with van der Waals surface area (Å²) in [4.78, 5) is 0. The summed E-state index contributed by atoms with van der Waals surface area (Å²) < 4.78 is 1.23. The van der Waals surface area contributed by atoms with Crippen molar-refractivity contribution in [1.29, 1.82) is 0 Å². The summed E-state index contributed by atoms with van der Waals surface area (Å²) in [6.45, 7) is 1.18. The number of nitrogens with one attached hydrogen (secondary N) is 1. The van der Waals surface area contributed by atoms with Crippen molar-refractivity contribution in [3.8, 4) is 0 Å². The molecule has 0 spiro atoms. The molecule has 1 aromatic rings. The van der Waals surface area contributed by atoms with Gasteiger partial charge in [0.15, 0.2) is 0 Å². The zero-order valence-electron chi connectivity index (χ0n) is 10.9. The predicted octanol–water partition coefficient (Wildman–Crippen LogP) is 4.92. The smallest absolute Gasteiger partial charge is 0.0323 e. The van der Waals surface area contributed by atoms with Crippen LogP contribution in [-0.2, 0) is 0 Å². The van der Waals surface area contributed by atoms with Gasteiger partial charge in [0.2, 0.25) is 0 Å². The summed E-state index contributed by atoms with van der Waals surface area (Å²) in [5, 5.41) is 3.66. The Kier molecular flexibility index (Phi) is 4.05. The van der Waals surface area contributed by atoms with Gasteiger partial charge in [-0.05, 0) is 61.4 Å². The first-order valence-corrected chi connectivity index (χ1v) is 8.16. The molecule has 1 aliphatic heterocycles. The molecule has 3 rings (SSSR count). The Morgan fingerprint density at radius 2 is 1.78 bits per heavy atom. The van der Waals surface area contributed by atoms with Gasteiger partial charge in [0.25, 0.3) is 0 Å². The molecule has 1 saturated heterocycles. The lowest BCUT2D eigenvalue weighted by Crippen LogP contribution is -2.17. The summed E-state index contributed by atoms with van der Waals surface area (Å²) in [6, 6.07) is 7.55. The van der Waals surface area contributed by atoms with Crippen molar-refractivity contribution in [2.75, 3.05) is 6.54 Å². The Morgan fingerprint density at radius 3 is 2.50 bits per heavy atom. The van der Waals surface area contributed by atoms with Crippen LogP contribution < -0.4 is 5.32 Å². The van der Waals surface area contributed by atoms with Crippen molar-refractivity contribution in [2.45, 2.75) is 56.9 Å². The Hall–Kier alpha value is -0.340. The molecule has 98 valence electrons. The second-order valence-corrected chi connectivity index (χ2v) is 6.67. The van der Waals surface area contributed by atoms with Crippen molar-refractivity contribution < 1.29 is 0 Å². The Bertz CT molecular complexity index is 404. The number of rotatable bonds is 2. The summed E-state index contributed by atoms with van der Waals surface area (Å²) in [5.41, 5.74) is 3.19. The normalized spacial score (nSPS) is 25.5. The zero-order chi connectivity index (χ0) is 12.4. The van der Waals surface area contributed by atoms with E-state index in [9.17, 15) is 0 Å². The van der Waals surface area contributed by atoms with Gasteiger partial charge in [-0.25, -0.2) is 0 Å². The highest BCUT2D eigenvalue weighted by atomic mass is 79.9. The average molecular weight is 308 g/mol. The van der Waals surface area contributed by atoms with E-state index < -0.39 is 0 Å². The molecule has 2 fully saturated rings. The van der Waals surface area contributed by atoms with Gasteiger partial charge in [-0.2, -0.15) is 0 Å². The van der Waals surface area contributed by atoms with Crippen molar-refractivity contribution in [3.05, 3.63) is 33.8 Å². The number of hydrogen-bond donors (Lipinski definition) is 1. The Morgan fingerprint density at radius 1 is 0.944 bits per heavy atom. The first kappa shape index (κ1) is 12.7. The van der Waals surface area contributed by atoms with Gasteiger partial charge in [-0.1, -0.05) is 41.3 Å². The van der Waals surface area contributed by atoms with Crippen molar-refractivity contribution in [1.82, 2.24) is 5.32 Å². The van der Waals surface area contributed by atoms with Gasteiger partial charge < -0.3 is 5.32 Å². The van der Waals surface area contributed by atoms with Crippen LogP contribution in [0.15, 0.2) is 22.7 Å². The zero-order valence-corrected chi connectivity index (χ0v) is 12.5. The highest BCUT2D eigenvalue weighted by Gasteiger charge is 2.24. The third kappa shape index (κ3) is 2.65. The highest BCUT2D eigenvalue weighted by molar-refractivity contribution is 9.10. The minimum absolute atomic E-state index is 0.597. The first-order chi connectivity index (χ1) is 8.84. The summed E-state index contributed by atoms with van der Waals surface area (Å²) in [5.74, 6) is 0.809. The fraction of sp³-hybridized carbons (Fsp3) is 0.625. The van der Waals surface area contributed by atoms with E-state index >= 15 is 0 Å². The summed E-state index contributed by atoms with van der Waals surface area (Å²) >= 11 is 3.64. The molecule has 0 radical (unpaired) electrons. The number of benzene rings is 1. The van der Waals surface area contributed by atoms with E-state index in [1.807, 2.05) is 0 Å². The van der Waals surface area contributed by atoms with Crippen LogP contribution in [-0.4, -0.2) is 6.54 Å². The lowest BCUT2D eigenvalue weighted by Gasteiger charge is -2.26. The van der Waals surface area contributed by atoms with Gasteiger partial charge in [-0.3, -0.25) is 0 Å². The monoisotopic (exact) mass is 307 g/mol. The van der Waals surface area contributed by atoms with E-state index in [0.717, 1.165) is 5.92 Å². The van der Waals surface area contributed by atoms with Crippen LogP contribution in [0.25, 0.3) is 0 Å². The van der Waals surface area contributed by atoms with Crippen molar-refractivity contribution in [2.24, 2.45) is 0 Å². The highest BCUT2D eigenvalue weighted by Crippen LogP contribution is 2.38. The molecule has 2 heteroatoms. The molecule has 1 atom stereocenters. The van der Waals surface area contributed by atoms with Crippen molar-refractivity contribution in [3.63, 3.8) is 0 Å². The summed E-state index contributed by atoms with van der Waals surface area (Å²) in [6.07, 6.45) is 9.67. The van der Waals surface area contributed by atoms with Crippen LogP contribution in [0.4, 0.5) is 0 Å². The molecule has 0 amide bonds. The van der Waals surface area contributed by atoms with Gasteiger partial charge in [0, 0.05) is 10.5 Å². The second-order valence-electron chi connectivity index (χ2n) is 5.76. The first-order valence-electron chi connectivity index (χ1n) is 7.37. The molecule has 1 unspecified atom stereocenters. The predicted molar refractivity (Wildman–Crippen MR) is 79.9 cm³/mol. The maximum absolute atomic E-state index is 3.66. The molecule has 1 aliphatic carbocycles. The van der Waals surface area contributed by atoms with Gasteiger partial charge in [0.1, 0.15) is 0 Å². The molecular weight excluding hydrogens is 286 g/mol. The second kappa shape index (κ2) is 5.75. The maximum atomic E-state index is 3.66. The standard InChI is InChI=1S/C16H22BrN/c17-13-8-9-14(12-5-2-1-3-6-12)15(11-13)16-7-4-10-18-16/h8-9,11-12,16,18H,1-7,10H2. The lowest BCUT2D eigenvalue weighted by atomic mass is 9.80. The molecule has 0 bridgehead atoms. The molecule has 1 heterocycles. The topological polar surface area (TPSA) is 12.0 Å². The van der Waals surface area contributed by atoms with Gasteiger partial charge in [0.05, 0.1) is 0 Å². The largest absolute Gasteiger partial charge is 0.310 e. The van der Waals surface area contributed by atoms with E-state index in [2.05, 4.69) is 39.4 Å². The third-order valence-corrected chi connectivity index (χ3v) is 5.02. The van der Waals surface area contributed by atoms with Crippen LogP contribution in [0.5, 0.6) is 0 Å². The van der Waals surface area contributed by atoms with Crippen LogP contribution in [0.3, 0.4) is 0 Å². The van der Waals surface area contributed by atoms with E-state index in [4.69, 9.17) is 0 Å². The molecule has 18 heavy (non-hydrogen) atoms. The quantitative estimate of drug-likeness (QED) is 0.817. The molecule has 1 aromatic carbocycles. The molecule has 1 nitrogen and oxygen atoms in total. The molecule has 0 aromatic heterocycles. The van der Waals surface area contributed by atoms with Gasteiger partial charge >= 0.3 is 0 Å². The molecular formula is C16H22BrN. The molecule has 1 N–H and O–H groups in total. The van der Waals surface area contributed by atoms with E-state index in [1.54, 1.807) is 11.1 Å². The van der Waals surface area contributed by atoms with Crippen LogP contribution in [0, 0.1) is 0 Å². The summed E-state index contributed by atoms with van der Waals surface area (Å²) in [7, 11) is 0. The fourth-order valence-electron chi connectivity index (χ4n) is 3.58. The molecule has 2 aliphatic rings. The SMILES string of the molecule is Brc1ccc(C2CCCCC2)c(C2CCCN2)c1. The number of hydrogen-bond acceptors (Lipinski definition) is 1. The van der Waals surface area contributed by atoms with E-state index in [0.29, 0.717) is 6.04 Å². The fourth-order valence-corrected chi connectivity index (χ4v) is 3.96.